The van der Waals surface area contributed by atoms with Gasteiger partial charge in [-0.3, -0.25) is 10.1 Å². The summed E-state index contributed by atoms with van der Waals surface area (Å²) < 4.78 is 4.90. The van der Waals surface area contributed by atoms with Crippen LogP contribution in [0.25, 0.3) is 0 Å². The Kier molecular flexibility index (Phi) is 3.91. The van der Waals surface area contributed by atoms with Gasteiger partial charge in [-0.15, -0.1) is 0 Å². The Hall–Kier alpha value is -1.92. The van der Waals surface area contributed by atoms with Crippen LogP contribution < -0.4 is 5.32 Å². The second-order valence-electron chi connectivity index (χ2n) is 3.61. The van der Waals surface area contributed by atoms with Gasteiger partial charge in [-0.25, -0.2) is 0 Å². The fourth-order valence-corrected chi connectivity index (χ4v) is 1.72. The third-order valence-electron chi connectivity index (χ3n) is 2.34. The molecule has 0 unspecified atom stereocenters. The number of halogens is 1. The molecular weight excluding hydrogens is 258 g/mol. The van der Waals surface area contributed by atoms with E-state index in [0.717, 1.165) is 0 Å². The van der Waals surface area contributed by atoms with Crippen LogP contribution in [0.2, 0.25) is 5.02 Å². The van der Waals surface area contributed by atoms with Crippen molar-refractivity contribution in [1.82, 2.24) is 10.5 Å². The minimum Gasteiger partial charge on any atom is -0.360 e. The quantitative estimate of drug-likeness (QED) is 0.665. The molecule has 0 spiro atoms. The maximum atomic E-state index is 10.8. The van der Waals surface area contributed by atoms with Gasteiger partial charge in [0.15, 0.2) is 0 Å². The van der Waals surface area contributed by atoms with E-state index < -0.39 is 4.92 Å². The van der Waals surface area contributed by atoms with Gasteiger partial charge in [0.2, 0.25) is 0 Å². The van der Waals surface area contributed by atoms with Gasteiger partial charge < -0.3 is 9.84 Å². The zero-order valence-electron chi connectivity index (χ0n) is 9.30. The van der Waals surface area contributed by atoms with Crippen molar-refractivity contribution < 1.29 is 9.45 Å². The molecule has 0 saturated carbocycles. The van der Waals surface area contributed by atoms with Crippen molar-refractivity contribution in [2.75, 3.05) is 0 Å². The molecule has 0 aliphatic heterocycles. The largest absolute Gasteiger partial charge is 0.360 e. The monoisotopic (exact) mass is 267 g/mol. The minimum atomic E-state index is -0.429. The van der Waals surface area contributed by atoms with E-state index in [0.29, 0.717) is 29.4 Å². The Balaban J connectivity index is 2.03. The maximum Gasteiger partial charge on any atom is 0.273 e. The van der Waals surface area contributed by atoms with E-state index in [1.807, 2.05) is 0 Å². The topological polar surface area (TPSA) is 81.2 Å². The zero-order valence-corrected chi connectivity index (χ0v) is 10.1. The number of hydrogen-bond acceptors (Lipinski definition) is 5. The summed E-state index contributed by atoms with van der Waals surface area (Å²) in [5.74, 6) is 0.666. The Labute approximate surface area is 108 Å². The fraction of sp³-hybridized carbons (Fsp3) is 0.182. The van der Waals surface area contributed by atoms with E-state index in [-0.39, 0.29) is 5.69 Å². The molecule has 0 saturated heterocycles. The molecule has 94 valence electrons. The molecule has 6 nitrogen and oxygen atoms in total. The van der Waals surface area contributed by atoms with Gasteiger partial charge in [0, 0.05) is 29.3 Å². The van der Waals surface area contributed by atoms with Crippen molar-refractivity contribution in [3.8, 4) is 0 Å². The van der Waals surface area contributed by atoms with E-state index in [1.54, 1.807) is 18.3 Å². The minimum absolute atomic E-state index is 0.0458. The lowest BCUT2D eigenvalue weighted by Crippen LogP contribution is -2.13. The first-order chi connectivity index (χ1) is 8.66. The number of benzene rings is 1. The zero-order chi connectivity index (χ0) is 13.0. The first-order valence-corrected chi connectivity index (χ1v) is 5.57. The highest BCUT2D eigenvalue weighted by Crippen LogP contribution is 2.22. The van der Waals surface area contributed by atoms with Crippen LogP contribution in [0, 0.1) is 10.1 Å². The third kappa shape index (κ3) is 3.06. The van der Waals surface area contributed by atoms with E-state index >= 15 is 0 Å². The molecule has 0 amide bonds. The smallest absolute Gasteiger partial charge is 0.273 e. The fourth-order valence-electron chi connectivity index (χ4n) is 1.53. The summed E-state index contributed by atoms with van der Waals surface area (Å²) >= 11 is 5.82. The van der Waals surface area contributed by atoms with Crippen molar-refractivity contribution in [2.24, 2.45) is 0 Å². The lowest BCUT2D eigenvalue weighted by atomic mass is 10.2. The van der Waals surface area contributed by atoms with Gasteiger partial charge in [0.25, 0.3) is 5.69 Å². The van der Waals surface area contributed by atoms with Crippen LogP contribution in [-0.4, -0.2) is 10.1 Å². The molecular formula is C11H10ClN3O3. The van der Waals surface area contributed by atoms with Crippen LogP contribution in [0.1, 0.15) is 11.3 Å². The average Bonchev–Trinajstić information content (AvgIpc) is 2.82. The molecule has 0 radical (unpaired) electrons. The molecule has 2 aromatic rings. The van der Waals surface area contributed by atoms with E-state index in [4.69, 9.17) is 16.1 Å². The lowest BCUT2D eigenvalue weighted by molar-refractivity contribution is -0.385. The summed E-state index contributed by atoms with van der Waals surface area (Å²) in [5, 5.41) is 17.9. The summed E-state index contributed by atoms with van der Waals surface area (Å²) in [6, 6.07) is 6.19. The van der Waals surface area contributed by atoms with Crippen LogP contribution in [0.5, 0.6) is 0 Å². The summed E-state index contributed by atoms with van der Waals surface area (Å²) in [7, 11) is 0. The SMILES string of the molecule is O=[N+]([O-])c1ccc(Cl)cc1CNCc1ccno1. The molecule has 1 N–H and O–H groups in total. The molecule has 1 aromatic heterocycles. The van der Waals surface area contributed by atoms with E-state index in [2.05, 4.69) is 10.5 Å². The van der Waals surface area contributed by atoms with Crippen LogP contribution in [0.15, 0.2) is 35.0 Å². The number of hydrogen-bond donors (Lipinski definition) is 1. The van der Waals surface area contributed by atoms with Gasteiger partial charge in [-0.2, -0.15) is 0 Å². The standard InChI is InChI=1S/C11H10ClN3O3/c12-9-1-2-11(15(16)17)8(5-9)6-13-7-10-3-4-14-18-10/h1-5,13H,6-7H2. The van der Waals surface area contributed by atoms with E-state index in [9.17, 15) is 10.1 Å². The molecule has 0 atom stereocenters. The highest BCUT2D eigenvalue weighted by molar-refractivity contribution is 6.30. The number of aromatic nitrogens is 1. The third-order valence-corrected chi connectivity index (χ3v) is 2.58. The van der Waals surface area contributed by atoms with Crippen molar-refractivity contribution >= 4 is 17.3 Å². The molecule has 1 heterocycles. The van der Waals surface area contributed by atoms with Crippen molar-refractivity contribution in [3.63, 3.8) is 0 Å². The molecule has 0 aliphatic rings. The molecule has 0 fully saturated rings. The predicted octanol–water partition coefficient (Wildman–Crippen LogP) is 2.53. The number of nitro groups is 1. The Morgan fingerprint density at radius 3 is 2.89 bits per heavy atom. The summed E-state index contributed by atoms with van der Waals surface area (Å²) in [4.78, 5) is 10.4. The molecule has 0 aliphatic carbocycles. The molecule has 18 heavy (non-hydrogen) atoms. The van der Waals surface area contributed by atoms with Gasteiger partial charge >= 0.3 is 0 Å². The van der Waals surface area contributed by atoms with Crippen LogP contribution in [0.4, 0.5) is 5.69 Å². The van der Waals surface area contributed by atoms with Crippen molar-refractivity contribution in [2.45, 2.75) is 13.1 Å². The van der Waals surface area contributed by atoms with Crippen LogP contribution in [0.3, 0.4) is 0 Å². The van der Waals surface area contributed by atoms with Crippen LogP contribution >= 0.6 is 11.6 Å². The number of rotatable bonds is 5. The maximum absolute atomic E-state index is 10.8. The summed E-state index contributed by atoms with van der Waals surface area (Å²) in [6.07, 6.45) is 1.54. The van der Waals surface area contributed by atoms with Gasteiger partial charge in [0.1, 0.15) is 5.76 Å². The highest BCUT2D eigenvalue weighted by Gasteiger charge is 2.13. The highest BCUT2D eigenvalue weighted by atomic mass is 35.5. The van der Waals surface area contributed by atoms with Crippen molar-refractivity contribution in [1.29, 1.82) is 0 Å². The second-order valence-corrected chi connectivity index (χ2v) is 4.05. The van der Waals surface area contributed by atoms with Crippen LogP contribution in [-0.2, 0) is 13.1 Å². The first kappa shape index (κ1) is 12.5. The molecule has 1 aromatic carbocycles. The first-order valence-electron chi connectivity index (χ1n) is 5.20. The van der Waals surface area contributed by atoms with Crippen molar-refractivity contribution in [3.05, 3.63) is 56.9 Å². The number of nitrogens with zero attached hydrogens (tertiary/aromatic N) is 2. The average molecular weight is 268 g/mol. The summed E-state index contributed by atoms with van der Waals surface area (Å²) in [5.41, 5.74) is 0.580. The second kappa shape index (κ2) is 5.61. The number of nitrogens with one attached hydrogen (secondary N) is 1. The van der Waals surface area contributed by atoms with E-state index in [1.165, 1.54) is 12.1 Å². The predicted molar refractivity (Wildman–Crippen MR) is 65.2 cm³/mol. The molecule has 0 bridgehead atoms. The summed E-state index contributed by atoms with van der Waals surface area (Å²) in [6.45, 7) is 0.779. The Morgan fingerprint density at radius 1 is 1.39 bits per heavy atom. The van der Waals surface area contributed by atoms with Gasteiger partial charge in [0.05, 0.1) is 17.7 Å². The Morgan fingerprint density at radius 2 is 2.22 bits per heavy atom. The van der Waals surface area contributed by atoms with Gasteiger partial charge in [-0.1, -0.05) is 16.8 Å². The molecule has 2 rings (SSSR count). The van der Waals surface area contributed by atoms with Gasteiger partial charge in [-0.05, 0) is 12.1 Å². The number of nitro benzene ring substituents is 1. The normalized spacial score (nSPS) is 10.5. The Bertz CT molecular complexity index is 542. The lowest BCUT2D eigenvalue weighted by Gasteiger charge is -2.04. The molecule has 7 heteroatoms.